The number of aryl methyl sites for hydroxylation is 2. The first-order chi connectivity index (χ1) is 29.7. The molecule has 2 aromatic carbocycles. The molecule has 3 fully saturated rings. The molecule has 6 aromatic rings. The average Bonchev–Trinajstić information content (AvgIpc) is 3.97. The minimum absolute atomic E-state index is 0.0493. The van der Waals surface area contributed by atoms with E-state index in [1.54, 1.807) is 11.2 Å². The normalized spacial score (nSPS) is 17.4. The molecule has 0 bridgehead atoms. The van der Waals surface area contributed by atoms with Gasteiger partial charge in [0.1, 0.15) is 12.0 Å². The van der Waals surface area contributed by atoms with Crippen LogP contribution in [0.2, 0.25) is 0 Å². The van der Waals surface area contributed by atoms with Crippen molar-refractivity contribution in [2.45, 2.75) is 85.2 Å². The lowest BCUT2D eigenvalue weighted by atomic mass is 9.94. The highest BCUT2D eigenvalue weighted by Crippen LogP contribution is 2.36. The lowest BCUT2D eigenvalue weighted by Gasteiger charge is -2.43. The summed E-state index contributed by atoms with van der Waals surface area (Å²) in [7, 11) is 0. The minimum Gasteiger partial charge on any atom is -0.372 e. The minimum atomic E-state index is -0.410. The van der Waals surface area contributed by atoms with Crippen molar-refractivity contribution in [3.8, 4) is 22.5 Å². The Bertz CT molecular complexity index is 2660. The van der Waals surface area contributed by atoms with Gasteiger partial charge in [-0.1, -0.05) is 38.1 Å². The van der Waals surface area contributed by atoms with Crippen LogP contribution in [0, 0.1) is 26.7 Å². The van der Waals surface area contributed by atoms with Gasteiger partial charge in [0.2, 0.25) is 5.91 Å². The lowest BCUT2D eigenvalue weighted by molar-refractivity contribution is -0.120. The summed E-state index contributed by atoms with van der Waals surface area (Å²) >= 11 is 0. The van der Waals surface area contributed by atoms with Crippen LogP contribution in [-0.2, 0) is 10.2 Å². The molecule has 9 rings (SSSR count). The van der Waals surface area contributed by atoms with Gasteiger partial charge in [-0.15, -0.1) is 0 Å². The predicted molar refractivity (Wildman–Crippen MR) is 236 cm³/mol. The number of aromatic amines is 1. The van der Waals surface area contributed by atoms with Crippen LogP contribution in [0.3, 0.4) is 0 Å². The number of amides is 4. The van der Waals surface area contributed by atoms with Gasteiger partial charge in [-0.25, -0.2) is 14.8 Å². The molecule has 62 heavy (non-hydrogen) atoms. The summed E-state index contributed by atoms with van der Waals surface area (Å²) in [5.41, 5.74) is 10.3. The standard InChI is InChI=1S/C46H54N12O4/c1-26-20-31(8-13-35(26)27(2)49-42(60)43-52-44(54-62-43)46(5,6)7)40-36-21-37(50-41(36)48-25-47-40)39-28(3)53-58(29(39)4)34-23-55(24-34)22-30-14-17-56(18-15-30)32-9-11-33(12-10-32)57-19-16-38(59)51-45(57)61/h8-13,20-21,25,27,30,34H,14-19,22-24H2,1-7H3,(H,49,60)(H,47,48,50)(H,51,59,61)/t27-/m1/s1. The van der Waals surface area contributed by atoms with Gasteiger partial charge in [-0.3, -0.25) is 29.4 Å². The zero-order valence-electron chi connectivity index (χ0n) is 36.5. The Hall–Kier alpha value is -6.42. The van der Waals surface area contributed by atoms with Gasteiger partial charge >= 0.3 is 17.8 Å². The number of H-pyrrole nitrogens is 1. The molecule has 0 saturated carbocycles. The number of imide groups is 1. The molecular weight excluding hydrogens is 785 g/mol. The summed E-state index contributed by atoms with van der Waals surface area (Å²) in [5.74, 6) is 0.449. The van der Waals surface area contributed by atoms with E-state index in [0.717, 1.165) is 107 Å². The number of rotatable bonds is 10. The fourth-order valence-corrected chi connectivity index (χ4v) is 9.22. The summed E-state index contributed by atoms with van der Waals surface area (Å²) in [5, 5.41) is 15.4. The maximum atomic E-state index is 13.0. The van der Waals surface area contributed by atoms with Crippen molar-refractivity contribution >= 4 is 40.3 Å². The van der Waals surface area contributed by atoms with E-state index in [1.807, 2.05) is 58.9 Å². The SMILES string of the molecule is Cc1cc(-c2ncnc3[nH]c(-c4c(C)nn(C5CN(CC6CCN(c7ccc(N8CCC(=O)NC8=O)cc7)CC6)C5)c4C)cc23)ccc1[C@@H](C)NC(=O)c1nc(C(C)(C)C)no1. The molecule has 0 radical (unpaired) electrons. The number of nitrogens with one attached hydrogen (secondary N) is 3. The molecule has 16 nitrogen and oxygen atoms in total. The average molecular weight is 839 g/mol. The molecule has 0 unspecified atom stereocenters. The number of nitrogens with zero attached hydrogens (tertiary/aromatic N) is 9. The quantitative estimate of drug-likeness (QED) is 0.132. The van der Waals surface area contributed by atoms with Gasteiger partial charge in [0.25, 0.3) is 0 Å². The summed E-state index contributed by atoms with van der Waals surface area (Å²) in [6, 6.07) is 16.1. The second kappa shape index (κ2) is 16.1. The van der Waals surface area contributed by atoms with Crippen molar-refractivity contribution in [3.05, 3.63) is 89.1 Å². The van der Waals surface area contributed by atoms with Crippen molar-refractivity contribution in [1.29, 1.82) is 0 Å². The maximum Gasteiger partial charge on any atom is 0.328 e. The van der Waals surface area contributed by atoms with Gasteiger partial charge in [0.05, 0.1) is 29.2 Å². The van der Waals surface area contributed by atoms with E-state index in [1.165, 1.54) is 5.69 Å². The largest absolute Gasteiger partial charge is 0.372 e. The number of hydrogen-bond donors (Lipinski definition) is 3. The highest BCUT2D eigenvalue weighted by molar-refractivity contribution is 6.05. The van der Waals surface area contributed by atoms with Crippen molar-refractivity contribution in [2.24, 2.45) is 5.92 Å². The number of fused-ring (bicyclic) bond motifs is 1. The number of carbonyl (C=O) groups is 3. The number of likely N-dealkylation sites (tertiary alicyclic amines) is 1. The van der Waals surface area contributed by atoms with E-state index >= 15 is 0 Å². The van der Waals surface area contributed by atoms with E-state index in [-0.39, 0.29) is 29.3 Å². The van der Waals surface area contributed by atoms with Gasteiger partial charge < -0.3 is 19.7 Å². The Morgan fingerprint density at radius 3 is 2.40 bits per heavy atom. The van der Waals surface area contributed by atoms with Crippen LogP contribution in [0.15, 0.2) is 59.4 Å². The Kier molecular flexibility index (Phi) is 10.7. The van der Waals surface area contributed by atoms with Crippen LogP contribution in [0.25, 0.3) is 33.5 Å². The molecule has 1 atom stereocenters. The van der Waals surface area contributed by atoms with Crippen LogP contribution in [0.1, 0.15) is 98.1 Å². The van der Waals surface area contributed by atoms with E-state index in [9.17, 15) is 14.4 Å². The Balaban J connectivity index is 0.811. The smallest absolute Gasteiger partial charge is 0.328 e. The third kappa shape index (κ3) is 7.94. The van der Waals surface area contributed by atoms with Crippen molar-refractivity contribution < 1.29 is 18.9 Å². The molecular formula is C46H54N12O4. The molecule has 7 heterocycles. The summed E-state index contributed by atoms with van der Waals surface area (Å²) < 4.78 is 7.47. The molecule has 0 spiro atoms. The van der Waals surface area contributed by atoms with E-state index in [0.29, 0.717) is 30.7 Å². The second-order valence-corrected chi connectivity index (χ2v) is 18.2. The highest BCUT2D eigenvalue weighted by atomic mass is 16.5. The fraction of sp³-hybridized carbons (Fsp3) is 0.435. The first-order valence-electron chi connectivity index (χ1n) is 21.5. The highest BCUT2D eigenvalue weighted by Gasteiger charge is 2.34. The fourth-order valence-electron chi connectivity index (χ4n) is 9.22. The van der Waals surface area contributed by atoms with Crippen LogP contribution >= 0.6 is 0 Å². The lowest BCUT2D eigenvalue weighted by Crippen LogP contribution is -2.51. The third-order valence-corrected chi connectivity index (χ3v) is 12.7. The summed E-state index contributed by atoms with van der Waals surface area (Å²) in [4.78, 5) is 60.6. The van der Waals surface area contributed by atoms with Gasteiger partial charge in [0.15, 0.2) is 5.82 Å². The molecule has 3 aliphatic heterocycles. The van der Waals surface area contributed by atoms with Gasteiger partial charge in [-0.2, -0.15) is 10.1 Å². The second-order valence-electron chi connectivity index (χ2n) is 18.2. The first kappa shape index (κ1) is 41.0. The van der Waals surface area contributed by atoms with E-state index < -0.39 is 5.91 Å². The molecule has 16 heteroatoms. The number of aromatic nitrogens is 7. The molecule has 3 saturated heterocycles. The topological polar surface area (TPSA) is 183 Å². The van der Waals surface area contributed by atoms with Crippen LogP contribution in [-0.4, -0.2) is 96.9 Å². The molecule has 0 aliphatic carbocycles. The number of carbonyl (C=O) groups excluding carboxylic acids is 3. The van der Waals surface area contributed by atoms with Crippen molar-refractivity contribution in [2.75, 3.05) is 49.1 Å². The first-order valence-corrected chi connectivity index (χ1v) is 21.5. The third-order valence-electron chi connectivity index (χ3n) is 12.7. The van der Waals surface area contributed by atoms with Crippen LogP contribution in [0.4, 0.5) is 16.2 Å². The summed E-state index contributed by atoms with van der Waals surface area (Å²) in [6.45, 7) is 19.6. The number of piperidine rings is 1. The molecule has 322 valence electrons. The van der Waals surface area contributed by atoms with Crippen molar-refractivity contribution in [3.63, 3.8) is 0 Å². The Morgan fingerprint density at radius 2 is 1.71 bits per heavy atom. The van der Waals surface area contributed by atoms with Gasteiger partial charge in [-0.05, 0) is 94.0 Å². The van der Waals surface area contributed by atoms with Crippen LogP contribution in [0.5, 0.6) is 0 Å². The number of urea groups is 1. The van der Waals surface area contributed by atoms with E-state index in [4.69, 9.17) is 14.6 Å². The molecule has 4 aromatic heterocycles. The Morgan fingerprint density at radius 1 is 0.968 bits per heavy atom. The molecule has 3 N–H and O–H groups in total. The van der Waals surface area contributed by atoms with Crippen LogP contribution < -0.4 is 20.4 Å². The Labute approximate surface area is 360 Å². The summed E-state index contributed by atoms with van der Waals surface area (Å²) in [6.07, 6.45) is 4.18. The monoisotopic (exact) mass is 838 g/mol. The number of benzene rings is 2. The molecule has 3 aliphatic rings. The van der Waals surface area contributed by atoms with Gasteiger partial charge in [0, 0.05) is 84.7 Å². The zero-order chi connectivity index (χ0) is 43.4. The molecule has 4 amide bonds. The van der Waals surface area contributed by atoms with E-state index in [2.05, 4.69) is 83.3 Å². The predicted octanol–water partition coefficient (Wildman–Crippen LogP) is 6.80. The number of anilines is 2. The zero-order valence-corrected chi connectivity index (χ0v) is 36.5. The maximum absolute atomic E-state index is 13.0. The van der Waals surface area contributed by atoms with Crippen molar-refractivity contribution in [1.82, 2.24) is 50.4 Å². The number of hydrogen-bond acceptors (Lipinski definition) is 11.